The van der Waals surface area contributed by atoms with Crippen molar-refractivity contribution in [1.29, 1.82) is 0 Å². The van der Waals surface area contributed by atoms with Crippen LogP contribution in [0.2, 0.25) is 0 Å². The molecule has 8 aromatic rings. The number of aromatic amines is 2. The van der Waals surface area contributed by atoms with E-state index in [-0.39, 0.29) is 25.3 Å². The van der Waals surface area contributed by atoms with Crippen molar-refractivity contribution in [2.75, 3.05) is 21.3 Å². The Hall–Kier alpha value is -5.16. The molecule has 0 fully saturated rings. The molecule has 4 aromatic heterocycles. The second kappa shape index (κ2) is 9.74. The van der Waals surface area contributed by atoms with Gasteiger partial charge in [0.05, 0.1) is 23.3 Å². The Kier molecular flexibility index (Phi) is 5.98. The zero-order valence-corrected chi connectivity index (χ0v) is 24.6. The zero-order chi connectivity index (χ0) is 26.2. The van der Waals surface area contributed by atoms with Gasteiger partial charge in [0.25, 0.3) is 0 Å². The van der Waals surface area contributed by atoms with Crippen LogP contribution in [-0.4, -0.2) is 35.2 Å². The molecule has 0 amide bonds. The molecule has 9 nitrogen and oxygen atoms in total. The van der Waals surface area contributed by atoms with E-state index in [9.17, 15) is 0 Å². The molecular formula is C32H24GaN8O-2. The number of hydrogen-bond donors (Lipinski definition) is 6. The molecule has 203 valence electrons. The van der Waals surface area contributed by atoms with Crippen molar-refractivity contribution in [2.45, 2.75) is 0 Å². The topological polar surface area (TPSA) is 139 Å². The maximum Gasteiger partial charge on any atom is 0.0585 e. The van der Waals surface area contributed by atoms with Gasteiger partial charge in [-0.15, -0.1) is 0 Å². The molecule has 0 atom stereocenters. The van der Waals surface area contributed by atoms with E-state index >= 15 is 0 Å². The van der Waals surface area contributed by atoms with Crippen LogP contribution in [0.15, 0.2) is 97.1 Å². The summed E-state index contributed by atoms with van der Waals surface area (Å²) in [5, 5.41) is 22.8. The molecule has 0 spiro atoms. The van der Waals surface area contributed by atoms with Gasteiger partial charge in [0.15, 0.2) is 0 Å². The molecule has 8 bridgehead atoms. The summed E-state index contributed by atoms with van der Waals surface area (Å²) < 4.78 is 0. The maximum atomic E-state index is 5.04. The van der Waals surface area contributed by atoms with E-state index in [4.69, 9.17) is 9.97 Å². The molecule has 5 heterocycles. The first-order valence-electron chi connectivity index (χ1n) is 13.2. The van der Waals surface area contributed by atoms with Gasteiger partial charge in [-0.2, -0.15) is 0 Å². The number of aromatic nitrogens is 4. The molecule has 0 unspecified atom stereocenters. The fraction of sp³-hybridized carbons (Fsp3) is 0. The fourth-order valence-corrected chi connectivity index (χ4v) is 5.86. The van der Waals surface area contributed by atoms with Crippen LogP contribution in [-0.2, 0) is 0 Å². The number of hydrogen-bond acceptors (Lipinski definition) is 4. The van der Waals surface area contributed by atoms with Crippen LogP contribution < -0.4 is 31.2 Å². The van der Waals surface area contributed by atoms with Gasteiger partial charge in [-0.1, -0.05) is 97.1 Å². The van der Waals surface area contributed by atoms with Crippen LogP contribution in [0.3, 0.4) is 0 Å². The van der Waals surface area contributed by atoms with Crippen LogP contribution in [0.1, 0.15) is 0 Å². The quantitative estimate of drug-likeness (QED) is 0.103. The summed E-state index contributed by atoms with van der Waals surface area (Å²) in [5.74, 6) is 6.55. The summed E-state index contributed by atoms with van der Waals surface area (Å²) in [6.45, 7) is 0. The second-order valence-corrected chi connectivity index (χ2v) is 10.1. The minimum atomic E-state index is 0. The molecule has 0 aliphatic carbocycles. The molecule has 1 aliphatic heterocycles. The number of anilines is 8. The van der Waals surface area contributed by atoms with E-state index in [1.54, 1.807) is 0 Å². The Bertz CT molecular complexity index is 1790. The summed E-state index contributed by atoms with van der Waals surface area (Å²) in [6.07, 6.45) is 0. The number of nitrogens with one attached hydrogen (secondary N) is 6. The SMILES string of the molecule is O.[Ga].c1ccc2c3[n-]c(c2c1)Nc1[nH]c(c2ccccc12)Nc1[n-]c(c2ccccc12)Nc1[nH]c(c2ccccc12)N3. The van der Waals surface area contributed by atoms with Gasteiger partial charge in [-0.05, 0) is 21.5 Å². The first-order chi connectivity index (χ1) is 19.8. The molecule has 4 aromatic carbocycles. The van der Waals surface area contributed by atoms with E-state index in [0.29, 0.717) is 0 Å². The summed E-state index contributed by atoms with van der Waals surface area (Å²) in [6, 6.07) is 33.1. The Labute approximate surface area is 252 Å². The minimum Gasteiger partial charge on any atom is -0.412 e. The van der Waals surface area contributed by atoms with Crippen LogP contribution in [0.4, 0.5) is 46.5 Å². The first kappa shape index (κ1) is 25.8. The Morgan fingerprint density at radius 2 is 0.548 bits per heavy atom. The smallest absolute Gasteiger partial charge is 0.0585 e. The average Bonchev–Trinajstić information content (AvgIpc) is 3.73. The second-order valence-electron chi connectivity index (χ2n) is 10.1. The van der Waals surface area contributed by atoms with E-state index in [0.717, 1.165) is 89.6 Å². The summed E-state index contributed by atoms with van der Waals surface area (Å²) in [7, 11) is 0. The normalized spacial score (nSPS) is 12.2. The maximum absolute atomic E-state index is 5.04. The number of fused-ring (bicyclic) bond motifs is 20. The van der Waals surface area contributed by atoms with Gasteiger partial charge in [-0.3, -0.25) is 0 Å². The van der Waals surface area contributed by atoms with Crippen LogP contribution in [0, 0.1) is 0 Å². The molecule has 42 heavy (non-hydrogen) atoms. The van der Waals surface area contributed by atoms with Crippen LogP contribution in [0.25, 0.3) is 43.1 Å². The first-order valence-corrected chi connectivity index (χ1v) is 13.2. The monoisotopic (exact) mass is 605 g/mol. The Morgan fingerprint density at radius 1 is 0.333 bits per heavy atom. The Balaban J connectivity index is 0.00000144. The standard InChI is InChI=1S/C32H22N8.Ga.H2O/c1-2-10-18-17(9-1)25-33-26(18)38-28-21-13-5-6-14-22(21)30(35-28)40-32-24-16-8-7-15-23(24)31(36-32)39-29-20-12-4-3-11-19(20)27(34-29)37-25;;/h1-16,33,36-40H;;1H2/q-2;;. The van der Waals surface area contributed by atoms with E-state index < -0.39 is 0 Å². The molecule has 0 saturated carbocycles. The van der Waals surface area contributed by atoms with Crippen molar-refractivity contribution in [3.8, 4) is 0 Å². The van der Waals surface area contributed by atoms with Crippen molar-refractivity contribution >= 4 is 109 Å². The number of H-pyrrole nitrogens is 2. The zero-order valence-electron chi connectivity index (χ0n) is 22.2. The van der Waals surface area contributed by atoms with Gasteiger partial charge in [-0.25, -0.2) is 0 Å². The summed E-state index contributed by atoms with van der Waals surface area (Å²) >= 11 is 0. The molecule has 8 N–H and O–H groups in total. The Morgan fingerprint density at radius 3 is 0.786 bits per heavy atom. The average molecular weight is 606 g/mol. The van der Waals surface area contributed by atoms with Gasteiger partial charge >= 0.3 is 0 Å². The van der Waals surface area contributed by atoms with Gasteiger partial charge < -0.3 is 46.7 Å². The van der Waals surface area contributed by atoms with Gasteiger partial charge in [0.2, 0.25) is 0 Å². The molecule has 9 rings (SSSR count). The van der Waals surface area contributed by atoms with E-state index in [2.05, 4.69) is 79.8 Å². The third-order valence-corrected chi connectivity index (χ3v) is 7.73. The van der Waals surface area contributed by atoms with Crippen molar-refractivity contribution in [1.82, 2.24) is 19.9 Å². The minimum absolute atomic E-state index is 0. The molecule has 10 heteroatoms. The summed E-state index contributed by atoms with van der Waals surface area (Å²) in [4.78, 5) is 17.2. The van der Waals surface area contributed by atoms with Gasteiger partial charge in [0, 0.05) is 64.6 Å². The fourth-order valence-electron chi connectivity index (χ4n) is 5.86. The van der Waals surface area contributed by atoms with Crippen LogP contribution in [0.5, 0.6) is 0 Å². The van der Waals surface area contributed by atoms with Gasteiger partial charge in [0.1, 0.15) is 0 Å². The molecule has 1 aliphatic rings. The van der Waals surface area contributed by atoms with Crippen molar-refractivity contribution in [3.05, 3.63) is 97.1 Å². The number of benzene rings is 4. The molecule has 3 radical (unpaired) electrons. The van der Waals surface area contributed by atoms with E-state index in [1.807, 2.05) is 48.5 Å². The largest absolute Gasteiger partial charge is 0.412 e. The third-order valence-electron chi connectivity index (χ3n) is 7.73. The predicted octanol–water partition coefficient (Wildman–Crippen LogP) is 6.95. The molecule has 0 saturated heterocycles. The summed E-state index contributed by atoms with van der Waals surface area (Å²) in [5.41, 5.74) is 0. The van der Waals surface area contributed by atoms with Crippen molar-refractivity contribution < 1.29 is 5.48 Å². The van der Waals surface area contributed by atoms with Crippen molar-refractivity contribution in [3.63, 3.8) is 0 Å². The van der Waals surface area contributed by atoms with E-state index in [1.165, 1.54) is 0 Å². The number of rotatable bonds is 0. The predicted molar refractivity (Wildman–Crippen MR) is 174 cm³/mol. The van der Waals surface area contributed by atoms with Crippen molar-refractivity contribution in [2.24, 2.45) is 0 Å². The number of nitrogens with zero attached hydrogens (tertiary/aromatic N) is 2. The van der Waals surface area contributed by atoms with Crippen LogP contribution >= 0.6 is 0 Å². The molecular weight excluding hydrogens is 582 g/mol. The third kappa shape index (κ3) is 3.77.